The molecule has 0 aromatic carbocycles. The highest BCUT2D eigenvalue weighted by Crippen LogP contribution is 2.17. The van der Waals surface area contributed by atoms with Crippen LogP contribution in [0, 0.1) is 5.92 Å². The number of ether oxygens (including phenoxy) is 1. The van der Waals surface area contributed by atoms with Crippen molar-refractivity contribution in [3.63, 3.8) is 0 Å². The SMILES string of the molecule is CN=C(NCCCCCCC(C)C)N1CCC(N2CCOCC2)C1. The molecule has 140 valence electrons. The predicted octanol–water partition coefficient (Wildman–Crippen LogP) is 2.57. The Morgan fingerprint density at radius 1 is 1.12 bits per heavy atom. The lowest BCUT2D eigenvalue weighted by atomic mass is 10.0. The molecule has 1 atom stereocenters. The third kappa shape index (κ3) is 6.60. The first-order chi connectivity index (χ1) is 11.7. The number of morpholine rings is 1. The van der Waals surface area contributed by atoms with Gasteiger partial charge in [-0.2, -0.15) is 0 Å². The van der Waals surface area contributed by atoms with Crippen LogP contribution in [-0.4, -0.2) is 74.8 Å². The lowest BCUT2D eigenvalue weighted by Gasteiger charge is -2.32. The third-order valence-corrected chi connectivity index (χ3v) is 5.23. The van der Waals surface area contributed by atoms with Crippen LogP contribution in [0.5, 0.6) is 0 Å². The summed E-state index contributed by atoms with van der Waals surface area (Å²) < 4.78 is 5.47. The molecule has 0 saturated carbocycles. The van der Waals surface area contributed by atoms with Crippen LogP contribution in [-0.2, 0) is 4.74 Å². The Morgan fingerprint density at radius 2 is 1.88 bits per heavy atom. The van der Waals surface area contributed by atoms with Gasteiger partial charge in [-0.1, -0.05) is 39.5 Å². The number of hydrogen-bond donors (Lipinski definition) is 1. The van der Waals surface area contributed by atoms with Crippen molar-refractivity contribution in [3.05, 3.63) is 0 Å². The van der Waals surface area contributed by atoms with E-state index in [2.05, 4.69) is 34.0 Å². The number of rotatable bonds is 8. The van der Waals surface area contributed by atoms with Gasteiger partial charge in [0.05, 0.1) is 13.2 Å². The molecule has 2 heterocycles. The molecule has 1 unspecified atom stereocenters. The van der Waals surface area contributed by atoms with E-state index in [4.69, 9.17) is 4.74 Å². The molecule has 2 aliphatic rings. The van der Waals surface area contributed by atoms with E-state index in [1.54, 1.807) is 0 Å². The van der Waals surface area contributed by atoms with Crippen LogP contribution in [0.2, 0.25) is 0 Å². The smallest absolute Gasteiger partial charge is 0.193 e. The number of hydrogen-bond acceptors (Lipinski definition) is 3. The van der Waals surface area contributed by atoms with Crippen LogP contribution >= 0.6 is 0 Å². The summed E-state index contributed by atoms with van der Waals surface area (Å²) in [5.41, 5.74) is 0. The van der Waals surface area contributed by atoms with Gasteiger partial charge in [0.1, 0.15) is 0 Å². The largest absolute Gasteiger partial charge is 0.379 e. The van der Waals surface area contributed by atoms with Crippen molar-refractivity contribution in [2.75, 3.05) is 53.0 Å². The van der Waals surface area contributed by atoms with Crippen molar-refractivity contribution in [3.8, 4) is 0 Å². The van der Waals surface area contributed by atoms with Crippen molar-refractivity contribution in [1.82, 2.24) is 15.1 Å². The molecule has 24 heavy (non-hydrogen) atoms. The van der Waals surface area contributed by atoms with Gasteiger partial charge in [0.25, 0.3) is 0 Å². The van der Waals surface area contributed by atoms with E-state index >= 15 is 0 Å². The van der Waals surface area contributed by atoms with Crippen LogP contribution < -0.4 is 5.32 Å². The third-order valence-electron chi connectivity index (χ3n) is 5.23. The molecule has 0 aromatic heterocycles. The molecule has 0 aromatic rings. The van der Waals surface area contributed by atoms with E-state index in [0.29, 0.717) is 6.04 Å². The molecule has 0 spiro atoms. The molecular formula is C19H38N4O. The first-order valence-corrected chi connectivity index (χ1v) is 9.98. The highest BCUT2D eigenvalue weighted by molar-refractivity contribution is 5.80. The van der Waals surface area contributed by atoms with Gasteiger partial charge in [0, 0.05) is 45.8 Å². The van der Waals surface area contributed by atoms with Crippen LogP contribution in [0.1, 0.15) is 52.4 Å². The first kappa shape index (κ1) is 19.5. The van der Waals surface area contributed by atoms with Crippen LogP contribution in [0.15, 0.2) is 4.99 Å². The zero-order valence-electron chi connectivity index (χ0n) is 16.1. The monoisotopic (exact) mass is 338 g/mol. The van der Waals surface area contributed by atoms with E-state index in [9.17, 15) is 0 Å². The van der Waals surface area contributed by atoms with Gasteiger partial charge in [-0.3, -0.25) is 9.89 Å². The quantitative estimate of drug-likeness (QED) is 0.419. The van der Waals surface area contributed by atoms with Crippen molar-refractivity contribution < 1.29 is 4.74 Å². The maximum Gasteiger partial charge on any atom is 0.193 e. The fraction of sp³-hybridized carbons (Fsp3) is 0.947. The van der Waals surface area contributed by atoms with E-state index in [1.807, 2.05) is 7.05 Å². The van der Waals surface area contributed by atoms with Gasteiger partial charge < -0.3 is 15.0 Å². The average molecular weight is 339 g/mol. The van der Waals surface area contributed by atoms with E-state index in [1.165, 1.54) is 38.5 Å². The van der Waals surface area contributed by atoms with Crippen LogP contribution in [0.25, 0.3) is 0 Å². The van der Waals surface area contributed by atoms with Crippen molar-refractivity contribution in [2.24, 2.45) is 10.9 Å². The molecule has 0 bridgehead atoms. The summed E-state index contributed by atoms with van der Waals surface area (Å²) in [7, 11) is 1.91. The van der Waals surface area contributed by atoms with Gasteiger partial charge in [-0.25, -0.2) is 0 Å². The number of likely N-dealkylation sites (tertiary alicyclic amines) is 1. The summed E-state index contributed by atoms with van der Waals surface area (Å²) in [6, 6.07) is 0.670. The molecule has 5 heteroatoms. The van der Waals surface area contributed by atoms with E-state index in [-0.39, 0.29) is 0 Å². The fourth-order valence-electron chi connectivity index (χ4n) is 3.74. The normalized spacial score (nSPS) is 23.2. The number of guanidine groups is 1. The number of unbranched alkanes of at least 4 members (excludes halogenated alkanes) is 3. The molecule has 2 saturated heterocycles. The van der Waals surface area contributed by atoms with Crippen molar-refractivity contribution >= 4 is 5.96 Å². The molecule has 2 aliphatic heterocycles. The Morgan fingerprint density at radius 3 is 2.58 bits per heavy atom. The second-order valence-electron chi connectivity index (χ2n) is 7.61. The summed E-state index contributed by atoms with van der Waals surface area (Å²) in [5.74, 6) is 1.93. The maximum absolute atomic E-state index is 5.47. The standard InChI is InChI=1S/C19H38N4O/c1-17(2)8-6-4-5-7-10-21-19(20-3)23-11-9-18(16-23)22-12-14-24-15-13-22/h17-18H,4-16H2,1-3H3,(H,20,21). The highest BCUT2D eigenvalue weighted by Gasteiger charge is 2.30. The summed E-state index contributed by atoms with van der Waals surface area (Å²) in [5, 5.41) is 3.57. The van der Waals surface area contributed by atoms with Crippen LogP contribution in [0.3, 0.4) is 0 Å². The highest BCUT2D eigenvalue weighted by atomic mass is 16.5. The molecule has 0 amide bonds. The predicted molar refractivity (Wildman–Crippen MR) is 102 cm³/mol. The summed E-state index contributed by atoms with van der Waals surface area (Å²) in [4.78, 5) is 9.51. The molecule has 2 rings (SSSR count). The van der Waals surface area contributed by atoms with Gasteiger partial charge in [0.15, 0.2) is 5.96 Å². The van der Waals surface area contributed by atoms with E-state index < -0.39 is 0 Å². The minimum atomic E-state index is 0.670. The summed E-state index contributed by atoms with van der Waals surface area (Å²) in [6.45, 7) is 11.8. The topological polar surface area (TPSA) is 40.1 Å². The molecule has 5 nitrogen and oxygen atoms in total. The summed E-state index contributed by atoms with van der Waals surface area (Å²) in [6.07, 6.45) is 7.92. The second kappa shape index (κ2) is 10.9. The van der Waals surface area contributed by atoms with Gasteiger partial charge in [-0.15, -0.1) is 0 Å². The number of nitrogens with zero attached hydrogens (tertiary/aromatic N) is 3. The van der Waals surface area contributed by atoms with Crippen LogP contribution in [0.4, 0.5) is 0 Å². The molecule has 0 aliphatic carbocycles. The number of aliphatic imine (C=N–C) groups is 1. The second-order valence-corrected chi connectivity index (χ2v) is 7.61. The number of nitrogens with one attached hydrogen (secondary N) is 1. The lowest BCUT2D eigenvalue weighted by Crippen LogP contribution is -2.46. The van der Waals surface area contributed by atoms with E-state index in [0.717, 1.165) is 57.8 Å². The Hall–Kier alpha value is -0.810. The molecular weight excluding hydrogens is 300 g/mol. The van der Waals surface area contributed by atoms with Gasteiger partial charge >= 0.3 is 0 Å². The van der Waals surface area contributed by atoms with Gasteiger partial charge in [0.2, 0.25) is 0 Å². The zero-order chi connectivity index (χ0) is 17.2. The van der Waals surface area contributed by atoms with Crippen molar-refractivity contribution in [2.45, 2.75) is 58.4 Å². The maximum atomic E-state index is 5.47. The average Bonchev–Trinajstić information content (AvgIpc) is 3.08. The Bertz CT molecular complexity index is 366. The Labute approximate surface area is 148 Å². The fourth-order valence-corrected chi connectivity index (χ4v) is 3.74. The lowest BCUT2D eigenvalue weighted by molar-refractivity contribution is 0.0195. The molecule has 2 fully saturated rings. The first-order valence-electron chi connectivity index (χ1n) is 9.98. The minimum absolute atomic E-state index is 0.670. The Balaban J connectivity index is 1.60. The minimum Gasteiger partial charge on any atom is -0.379 e. The molecule has 1 N–H and O–H groups in total. The Kier molecular flexibility index (Phi) is 8.89. The molecule has 0 radical (unpaired) electrons. The summed E-state index contributed by atoms with van der Waals surface area (Å²) >= 11 is 0. The van der Waals surface area contributed by atoms with Gasteiger partial charge in [-0.05, 0) is 18.8 Å². The van der Waals surface area contributed by atoms with Crippen molar-refractivity contribution in [1.29, 1.82) is 0 Å². The zero-order valence-corrected chi connectivity index (χ0v) is 16.1.